The molecule has 5 heteroatoms. The van der Waals surface area contributed by atoms with Crippen LogP contribution in [0.3, 0.4) is 0 Å². The van der Waals surface area contributed by atoms with Crippen LogP contribution in [-0.2, 0) is 29.1 Å². The number of carbonyl (C=O) groups is 2. The molecule has 0 heterocycles. The van der Waals surface area contributed by atoms with Gasteiger partial charge in [-0.3, -0.25) is 0 Å². The van der Waals surface area contributed by atoms with Crippen molar-refractivity contribution in [2.24, 2.45) is 0 Å². The van der Waals surface area contributed by atoms with Gasteiger partial charge < -0.3 is 10.2 Å². The van der Waals surface area contributed by atoms with E-state index < -0.39 is 11.9 Å². The fraction of sp³-hybridized carbons (Fsp3) is 0.250. The predicted molar refractivity (Wildman–Crippen MR) is 44.9 cm³/mol. The van der Waals surface area contributed by atoms with Crippen LogP contribution in [0.5, 0.6) is 0 Å². The van der Waals surface area contributed by atoms with Crippen molar-refractivity contribution in [2.75, 3.05) is 0 Å². The Balaban J connectivity index is -0.000000143. The molecule has 0 aliphatic carbocycles. The molecular formula is C8H12O4Zn. The van der Waals surface area contributed by atoms with Crippen LogP contribution >= 0.6 is 0 Å². The van der Waals surface area contributed by atoms with Gasteiger partial charge in [0.2, 0.25) is 0 Å². The first kappa shape index (κ1) is 18.0. The van der Waals surface area contributed by atoms with Crippen LogP contribution in [0.2, 0.25) is 0 Å². The van der Waals surface area contributed by atoms with Gasteiger partial charge >= 0.3 is 11.9 Å². The number of carboxylic acids is 2. The van der Waals surface area contributed by atoms with E-state index in [-0.39, 0.29) is 30.6 Å². The third-order valence-corrected chi connectivity index (χ3v) is 0.730. The zero-order valence-corrected chi connectivity index (χ0v) is 10.8. The van der Waals surface area contributed by atoms with E-state index in [2.05, 4.69) is 13.2 Å². The molecule has 0 unspecified atom stereocenters. The molecule has 13 heavy (non-hydrogen) atoms. The third kappa shape index (κ3) is 18.2. The molecule has 0 aromatic rings. The van der Waals surface area contributed by atoms with Crippen LogP contribution in [0.15, 0.2) is 24.3 Å². The van der Waals surface area contributed by atoms with E-state index in [9.17, 15) is 9.59 Å². The van der Waals surface area contributed by atoms with Crippen molar-refractivity contribution in [3.63, 3.8) is 0 Å². The van der Waals surface area contributed by atoms with Crippen molar-refractivity contribution < 1.29 is 39.3 Å². The monoisotopic (exact) mass is 236 g/mol. The van der Waals surface area contributed by atoms with Crippen molar-refractivity contribution >= 4 is 11.9 Å². The van der Waals surface area contributed by atoms with Crippen molar-refractivity contribution in [3.05, 3.63) is 24.3 Å². The summed E-state index contributed by atoms with van der Waals surface area (Å²) in [5.41, 5.74) is 0.352. The largest absolute Gasteiger partial charge is 0.478 e. The van der Waals surface area contributed by atoms with E-state index in [1.54, 1.807) is 0 Å². The molecule has 0 atom stereocenters. The fourth-order valence-corrected chi connectivity index (χ4v) is 0. The average Bonchev–Trinajstić information content (AvgIpc) is 1.88. The summed E-state index contributed by atoms with van der Waals surface area (Å²) in [6.07, 6.45) is 0. The van der Waals surface area contributed by atoms with Gasteiger partial charge in [-0.05, 0) is 13.8 Å². The third-order valence-electron chi connectivity index (χ3n) is 0.730. The Labute approximate surface area is 89.7 Å². The first-order valence-corrected chi connectivity index (χ1v) is 3.06. The Bertz CT molecular complexity index is 172. The molecule has 0 aliphatic rings. The SMILES string of the molecule is C=C(C)C(=O)O.C=C(C)C(=O)O.[Zn]. The van der Waals surface area contributed by atoms with Gasteiger partial charge in [0.1, 0.15) is 0 Å². The molecule has 0 aliphatic heterocycles. The van der Waals surface area contributed by atoms with Gasteiger partial charge in [-0.15, -0.1) is 0 Å². The van der Waals surface area contributed by atoms with Crippen molar-refractivity contribution in [3.8, 4) is 0 Å². The number of rotatable bonds is 2. The van der Waals surface area contributed by atoms with Crippen LogP contribution in [0.1, 0.15) is 13.8 Å². The van der Waals surface area contributed by atoms with Crippen LogP contribution in [0, 0.1) is 0 Å². The van der Waals surface area contributed by atoms with E-state index in [0.29, 0.717) is 0 Å². The molecule has 0 aromatic carbocycles. The van der Waals surface area contributed by atoms with Crippen molar-refractivity contribution in [1.82, 2.24) is 0 Å². The molecule has 0 rings (SSSR count). The molecule has 70 valence electrons. The first-order chi connectivity index (χ1) is 5.29. The van der Waals surface area contributed by atoms with Crippen LogP contribution < -0.4 is 0 Å². The van der Waals surface area contributed by atoms with Crippen molar-refractivity contribution in [1.29, 1.82) is 0 Å². The summed E-state index contributed by atoms with van der Waals surface area (Å²) in [5.74, 6) is -1.87. The van der Waals surface area contributed by atoms with E-state index >= 15 is 0 Å². The summed E-state index contributed by atoms with van der Waals surface area (Å²) in [6.45, 7) is 9.20. The molecule has 0 radical (unpaired) electrons. The predicted octanol–water partition coefficient (Wildman–Crippen LogP) is 1.29. The molecule has 2 N–H and O–H groups in total. The minimum absolute atomic E-state index is 0. The second-order valence-corrected chi connectivity index (χ2v) is 2.17. The van der Waals surface area contributed by atoms with Crippen molar-refractivity contribution in [2.45, 2.75) is 13.8 Å². The summed E-state index contributed by atoms with van der Waals surface area (Å²) in [7, 11) is 0. The smallest absolute Gasteiger partial charge is 0.330 e. The van der Waals surface area contributed by atoms with Gasteiger partial charge in [0.05, 0.1) is 0 Å². The standard InChI is InChI=1S/2C4H6O2.Zn/c2*1-3(2)4(5)6;/h2*1H2,2H3,(H,5,6);. The topological polar surface area (TPSA) is 74.6 Å². The minimum Gasteiger partial charge on any atom is -0.478 e. The molecule has 0 amide bonds. The summed E-state index contributed by atoms with van der Waals surface area (Å²) in [4.78, 5) is 19.2. The number of carboxylic acid groups (broad SMARTS) is 2. The Morgan fingerprint density at radius 3 is 1.00 bits per heavy atom. The average molecular weight is 238 g/mol. The summed E-state index contributed by atoms with van der Waals surface area (Å²) in [6, 6.07) is 0. The van der Waals surface area contributed by atoms with Gasteiger partial charge in [-0.1, -0.05) is 13.2 Å². The van der Waals surface area contributed by atoms with Crippen LogP contribution in [0.4, 0.5) is 0 Å². The van der Waals surface area contributed by atoms with E-state index in [0.717, 1.165) is 0 Å². The normalized spacial score (nSPS) is 6.92. The van der Waals surface area contributed by atoms with Gasteiger partial charge in [-0.25, -0.2) is 9.59 Å². The van der Waals surface area contributed by atoms with Gasteiger partial charge in [0, 0.05) is 30.6 Å². The molecule has 0 saturated heterocycles. The van der Waals surface area contributed by atoms with E-state index in [4.69, 9.17) is 10.2 Å². The Hall–Kier alpha value is -0.957. The van der Waals surface area contributed by atoms with Crippen LogP contribution in [-0.4, -0.2) is 22.2 Å². The fourth-order valence-electron chi connectivity index (χ4n) is 0. The molecule has 0 bridgehead atoms. The minimum atomic E-state index is -0.935. The second-order valence-electron chi connectivity index (χ2n) is 2.17. The van der Waals surface area contributed by atoms with Crippen LogP contribution in [0.25, 0.3) is 0 Å². The molecule has 0 saturated carbocycles. The van der Waals surface area contributed by atoms with E-state index in [1.807, 2.05) is 0 Å². The number of hydrogen-bond donors (Lipinski definition) is 2. The second kappa shape index (κ2) is 9.13. The number of hydrogen-bond acceptors (Lipinski definition) is 2. The van der Waals surface area contributed by atoms with Gasteiger partial charge in [0.25, 0.3) is 0 Å². The zero-order valence-electron chi connectivity index (χ0n) is 7.83. The number of aliphatic carboxylic acids is 2. The maximum Gasteiger partial charge on any atom is 0.330 e. The summed E-state index contributed by atoms with van der Waals surface area (Å²) < 4.78 is 0. The van der Waals surface area contributed by atoms with Gasteiger partial charge in [-0.2, -0.15) is 0 Å². The Kier molecular flexibility index (Phi) is 12.6. The van der Waals surface area contributed by atoms with Gasteiger partial charge in [0.15, 0.2) is 0 Å². The summed E-state index contributed by atoms with van der Waals surface area (Å²) >= 11 is 0. The van der Waals surface area contributed by atoms with E-state index in [1.165, 1.54) is 13.8 Å². The quantitative estimate of drug-likeness (QED) is 0.561. The Morgan fingerprint density at radius 1 is 0.923 bits per heavy atom. The maximum absolute atomic E-state index is 9.60. The maximum atomic E-state index is 9.60. The molecular weight excluding hydrogens is 225 g/mol. The molecule has 4 nitrogen and oxygen atoms in total. The summed E-state index contributed by atoms with van der Waals surface area (Å²) in [5, 5.41) is 15.8. The molecule has 0 fully saturated rings. The molecule has 0 spiro atoms. The zero-order chi connectivity index (χ0) is 10.3. The Morgan fingerprint density at radius 2 is 1.00 bits per heavy atom. The molecule has 0 aromatic heterocycles. The first-order valence-electron chi connectivity index (χ1n) is 3.06.